The molecule has 4 amide bonds. The Morgan fingerprint density at radius 1 is 1.09 bits per heavy atom. The molecule has 33 heavy (non-hydrogen) atoms. The van der Waals surface area contributed by atoms with E-state index in [1.807, 2.05) is 37.3 Å². The number of urea groups is 1. The number of nitrogens with one attached hydrogen (secondary N) is 2. The van der Waals surface area contributed by atoms with Gasteiger partial charge in [-0.2, -0.15) is 0 Å². The molecule has 0 radical (unpaired) electrons. The molecule has 2 aromatic carbocycles. The largest absolute Gasteiger partial charge is 0.367 e. The van der Waals surface area contributed by atoms with Gasteiger partial charge in [0.25, 0.3) is 5.91 Å². The van der Waals surface area contributed by atoms with Gasteiger partial charge in [-0.15, -0.1) is 0 Å². The standard InChI is InChI=1S/C24H28ClN5O3/c1-16-4-6-17(7-5-16)24(2)22(32)30(23(33)27-24)15-21(31)26-19-14-18(25)8-9-20(19)29-12-10-28(3)11-13-29/h4-9,14H,10-13,15H2,1-3H3,(H,26,31)(H,27,33)/t24-/m0/s1. The molecule has 2 aliphatic rings. The molecule has 2 saturated heterocycles. The van der Waals surface area contributed by atoms with E-state index in [0.717, 1.165) is 42.3 Å². The molecule has 2 aliphatic heterocycles. The Morgan fingerprint density at radius 3 is 2.42 bits per heavy atom. The van der Waals surface area contributed by atoms with Crippen molar-refractivity contribution in [1.29, 1.82) is 0 Å². The molecule has 0 spiro atoms. The first kappa shape index (κ1) is 23.1. The molecule has 2 fully saturated rings. The Labute approximate surface area is 198 Å². The van der Waals surface area contributed by atoms with Crippen molar-refractivity contribution in [3.8, 4) is 0 Å². The minimum atomic E-state index is -1.22. The normalized spacial score (nSPS) is 21.3. The zero-order valence-corrected chi connectivity index (χ0v) is 19.8. The van der Waals surface area contributed by atoms with Crippen LogP contribution in [-0.2, 0) is 15.1 Å². The molecule has 0 unspecified atom stereocenters. The quantitative estimate of drug-likeness (QED) is 0.658. The van der Waals surface area contributed by atoms with Crippen LogP contribution in [0.4, 0.5) is 16.2 Å². The molecule has 174 valence electrons. The van der Waals surface area contributed by atoms with Crippen LogP contribution in [-0.4, -0.2) is 67.4 Å². The lowest BCUT2D eigenvalue weighted by Gasteiger charge is -2.35. The molecular weight excluding hydrogens is 442 g/mol. The maximum absolute atomic E-state index is 13.1. The summed E-state index contributed by atoms with van der Waals surface area (Å²) >= 11 is 6.19. The van der Waals surface area contributed by atoms with E-state index in [-0.39, 0.29) is 6.54 Å². The van der Waals surface area contributed by atoms with Crippen molar-refractivity contribution in [2.75, 3.05) is 50.0 Å². The highest BCUT2D eigenvalue weighted by Gasteiger charge is 2.49. The number of likely N-dealkylation sites (N-methyl/N-ethyl adjacent to an activating group) is 1. The van der Waals surface area contributed by atoms with Crippen LogP contribution < -0.4 is 15.5 Å². The van der Waals surface area contributed by atoms with Gasteiger partial charge in [-0.05, 0) is 44.7 Å². The Morgan fingerprint density at radius 2 is 1.76 bits per heavy atom. The zero-order valence-electron chi connectivity index (χ0n) is 19.0. The van der Waals surface area contributed by atoms with Gasteiger partial charge in [0, 0.05) is 31.2 Å². The first-order valence-corrected chi connectivity index (χ1v) is 11.3. The monoisotopic (exact) mass is 469 g/mol. The molecule has 0 bridgehead atoms. The van der Waals surface area contributed by atoms with Crippen LogP contribution in [0.3, 0.4) is 0 Å². The number of rotatable bonds is 5. The number of carbonyl (C=O) groups excluding carboxylic acids is 3. The number of aryl methyl sites for hydroxylation is 1. The Hall–Kier alpha value is -3.10. The molecule has 2 heterocycles. The molecule has 8 nitrogen and oxygen atoms in total. The Balaban J connectivity index is 1.49. The molecule has 4 rings (SSSR count). The topological polar surface area (TPSA) is 85.0 Å². The molecular formula is C24H28ClN5O3. The lowest BCUT2D eigenvalue weighted by molar-refractivity contribution is -0.133. The summed E-state index contributed by atoms with van der Waals surface area (Å²) in [5, 5.41) is 6.08. The molecule has 9 heteroatoms. The number of halogens is 1. The molecule has 0 saturated carbocycles. The van der Waals surface area contributed by atoms with Crippen molar-refractivity contribution in [1.82, 2.24) is 15.1 Å². The van der Waals surface area contributed by atoms with Crippen molar-refractivity contribution < 1.29 is 14.4 Å². The van der Waals surface area contributed by atoms with Gasteiger partial charge >= 0.3 is 6.03 Å². The van der Waals surface area contributed by atoms with E-state index in [0.29, 0.717) is 16.3 Å². The van der Waals surface area contributed by atoms with Crippen LogP contribution in [0.5, 0.6) is 0 Å². The van der Waals surface area contributed by atoms with Gasteiger partial charge in [-0.1, -0.05) is 41.4 Å². The summed E-state index contributed by atoms with van der Waals surface area (Å²) < 4.78 is 0. The van der Waals surface area contributed by atoms with E-state index >= 15 is 0 Å². The number of benzene rings is 2. The van der Waals surface area contributed by atoms with Gasteiger partial charge in [0.1, 0.15) is 12.1 Å². The van der Waals surface area contributed by atoms with E-state index in [9.17, 15) is 14.4 Å². The first-order chi connectivity index (χ1) is 15.7. The average molecular weight is 470 g/mol. The van der Waals surface area contributed by atoms with Crippen LogP contribution in [0.15, 0.2) is 42.5 Å². The fraction of sp³-hybridized carbons (Fsp3) is 0.375. The first-order valence-electron chi connectivity index (χ1n) is 10.9. The number of nitrogens with zero attached hydrogens (tertiary/aromatic N) is 3. The molecule has 0 aromatic heterocycles. The van der Waals surface area contributed by atoms with Crippen LogP contribution in [0.2, 0.25) is 5.02 Å². The summed E-state index contributed by atoms with van der Waals surface area (Å²) in [5.41, 5.74) is 1.93. The van der Waals surface area contributed by atoms with Crippen molar-refractivity contribution in [3.05, 3.63) is 58.6 Å². The predicted molar refractivity (Wildman–Crippen MR) is 129 cm³/mol. The fourth-order valence-corrected chi connectivity index (χ4v) is 4.36. The number of piperazine rings is 1. The molecule has 1 atom stereocenters. The molecule has 2 N–H and O–H groups in total. The fourth-order valence-electron chi connectivity index (χ4n) is 4.19. The summed E-state index contributed by atoms with van der Waals surface area (Å²) in [6.07, 6.45) is 0. The van der Waals surface area contributed by atoms with Gasteiger partial charge in [0.2, 0.25) is 5.91 Å². The van der Waals surface area contributed by atoms with Gasteiger partial charge in [0.05, 0.1) is 11.4 Å². The Kier molecular flexibility index (Phi) is 6.32. The summed E-state index contributed by atoms with van der Waals surface area (Å²) in [6.45, 7) is 6.68. The van der Waals surface area contributed by atoms with Crippen LogP contribution in [0.1, 0.15) is 18.1 Å². The van der Waals surface area contributed by atoms with E-state index in [1.165, 1.54) is 0 Å². The molecule has 2 aromatic rings. The lowest BCUT2D eigenvalue weighted by atomic mass is 9.91. The van der Waals surface area contributed by atoms with Gasteiger partial charge < -0.3 is 20.4 Å². The smallest absolute Gasteiger partial charge is 0.325 e. The highest BCUT2D eigenvalue weighted by Crippen LogP contribution is 2.31. The van der Waals surface area contributed by atoms with Crippen LogP contribution >= 0.6 is 11.6 Å². The number of hydrogen-bond acceptors (Lipinski definition) is 5. The minimum absolute atomic E-state index is 0.388. The highest BCUT2D eigenvalue weighted by atomic mass is 35.5. The second-order valence-corrected chi connectivity index (χ2v) is 9.25. The van der Waals surface area contributed by atoms with E-state index in [1.54, 1.807) is 19.1 Å². The average Bonchev–Trinajstić information content (AvgIpc) is 2.99. The van der Waals surface area contributed by atoms with E-state index < -0.39 is 23.4 Å². The third-order valence-electron chi connectivity index (χ3n) is 6.28. The summed E-state index contributed by atoms with van der Waals surface area (Å²) in [7, 11) is 2.07. The number of carbonyl (C=O) groups is 3. The zero-order chi connectivity index (χ0) is 23.8. The van der Waals surface area contributed by atoms with E-state index in [2.05, 4.69) is 27.5 Å². The second kappa shape index (κ2) is 9.03. The molecule has 0 aliphatic carbocycles. The van der Waals surface area contributed by atoms with Gasteiger partial charge in [-0.3, -0.25) is 14.5 Å². The van der Waals surface area contributed by atoms with Crippen molar-refractivity contribution in [3.63, 3.8) is 0 Å². The number of anilines is 2. The minimum Gasteiger partial charge on any atom is -0.367 e. The van der Waals surface area contributed by atoms with E-state index in [4.69, 9.17) is 11.6 Å². The van der Waals surface area contributed by atoms with Crippen LogP contribution in [0, 0.1) is 6.92 Å². The third-order valence-corrected chi connectivity index (χ3v) is 6.52. The van der Waals surface area contributed by atoms with Crippen molar-refractivity contribution in [2.24, 2.45) is 0 Å². The summed E-state index contributed by atoms with van der Waals surface area (Å²) in [4.78, 5) is 44.0. The Bertz CT molecular complexity index is 1080. The predicted octanol–water partition coefficient (Wildman–Crippen LogP) is 2.81. The number of imide groups is 1. The van der Waals surface area contributed by atoms with Gasteiger partial charge in [-0.25, -0.2) is 4.79 Å². The SMILES string of the molecule is Cc1ccc([C@]2(C)NC(=O)N(CC(=O)Nc3cc(Cl)ccc3N3CCN(C)CC3)C2=O)cc1. The maximum atomic E-state index is 13.1. The van der Waals surface area contributed by atoms with Gasteiger partial charge in [0.15, 0.2) is 0 Å². The highest BCUT2D eigenvalue weighted by molar-refractivity contribution is 6.31. The second-order valence-electron chi connectivity index (χ2n) is 8.81. The maximum Gasteiger partial charge on any atom is 0.325 e. The summed E-state index contributed by atoms with van der Waals surface area (Å²) in [5.74, 6) is -0.929. The summed E-state index contributed by atoms with van der Waals surface area (Å²) in [6, 6.07) is 12.2. The third kappa shape index (κ3) is 4.67. The lowest BCUT2D eigenvalue weighted by Crippen LogP contribution is -2.45. The number of hydrogen-bond donors (Lipinski definition) is 2. The van der Waals surface area contributed by atoms with Crippen molar-refractivity contribution in [2.45, 2.75) is 19.4 Å². The van der Waals surface area contributed by atoms with Crippen molar-refractivity contribution >= 4 is 40.8 Å². The number of amides is 4. The van der Waals surface area contributed by atoms with Crippen LogP contribution in [0.25, 0.3) is 0 Å².